The highest BCUT2D eigenvalue weighted by Crippen LogP contribution is 2.43. The van der Waals surface area contributed by atoms with Gasteiger partial charge >= 0.3 is 0 Å². The summed E-state index contributed by atoms with van der Waals surface area (Å²) in [5.41, 5.74) is 0.515. The molecule has 0 aromatic rings. The van der Waals surface area contributed by atoms with Crippen molar-refractivity contribution in [3.63, 3.8) is 0 Å². The standard InChI is InChI=1S/C13H30N2OS/c1-7-10-14(2)13(17(4,5)6)15(3)11-16-12-8-9-12/h12-13H,7-11H2,1-6H3. The molecular weight excluding hydrogens is 232 g/mol. The van der Waals surface area contributed by atoms with Gasteiger partial charge in [0.1, 0.15) is 6.73 Å². The molecule has 0 bridgehead atoms. The average Bonchev–Trinajstić information content (AvgIpc) is 2.96. The number of rotatable bonds is 8. The van der Waals surface area contributed by atoms with Gasteiger partial charge in [0.15, 0.2) is 0 Å². The maximum Gasteiger partial charge on any atom is 0.101 e. The Labute approximate surface area is 109 Å². The summed E-state index contributed by atoms with van der Waals surface area (Å²) in [6.45, 7) is 4.17. The number of hydrogen-bond acceptors (Lipinski definition) is 3. The van der Waals surface area contributed by atoms with Gasteiger partial charge in [-0.15, -0.1) is 0 Å². The third-order valence-electron chi connectivity index (χ3n) is 3.00. The van der Waals surface area contributed by atoms with E-state index in [-0.39, 0.29) is 0 Å². The predicted octanol–water partition coefficient (Wildman–Crippen LogP) is 2.37. The second-order valence-corrected chi connectivity index (χ2v) is 10.3. The average molecular weight is 262 g/mol. The molecule has 0 amide bonds. The Bertz CT molecular complexity index is 226. The fraction of sp³-hybridized carbons (Fsp3) is 1.00. The molecule has 17 heavy (non-hydrogen) atoms. The largest absolute Gasteiger partial charge is 0.363 e. The normalized spacial score (nSPS) is 20.0. The highest BCUT2D eigenvalue weighted by Gasteiger charge is 2.30. The van der Waals surface area contributed by atoms with Crippen LogP contribution in [0.25, 0.3) is 0 Å². The first-order valence-electron chi connectivity index (χ1n) is 6.55. The van der Waals surface area contributed by atoms with Crippen LogP contribution in [0.2, 0.25) is 0 Å². The Morgan fingerprint density at radius 3 is 2.18 bits per heavy atom. The molecule has 1 saturated carbocycles. The van der Waals surface area contributed by atoms with Crippen LogP contribution in [0.3, 0.4) is 0 Å². The molecule has 1 aliphatic rings. The summed E-state index contributed by atoms with van der Waals surface area (Å²) in [5.74, 6) is 0. The zero-order valence-corrected chi connectivity index (χ0v) is 13.2. The quantitative estimate of drug-likeness (QED) is 0.625. The second kappa shape index (κ2) is 6.41. The minimum Gasteiger partial charge on any atom is -0.363 e. The predicted molar refractivity (Wildman–Crippen MR) is 78.8 cm³/mol. The van der Waals surface area contributed by atoms with Gasteiger partial charge in [-0.05, 0) is 58.7 Å². The van der Waals surface area contributed by atoms with E-state index in [4.69, 9.17) is 4.74 Å². The number of nitrogens with zero attached hydrogens (tertiary/aromatic N) is 2. The van der Waals surface area contributed by atoms with Crippen LogP contribution in [0, 0.1) is 0 Å². The molecule has 4 heteroatoms. The molecule has 3 nitrogen and oxygen atoms in total. The highest BCUT2D eigenvalue weighted by molar-refractivity contribution is 8.32. The lowest BCUT2D eigenvalue weighted by Crippen LogP contribution is -2.48. The molecule has 1 aliphatic carbocycles. The fourth-order valence-electron chi connectivity index (χ4n) is 2.40. The molecule has 0 aromatic heterocycles. The summed E-state index contributed by atoms with van der Waals surface area (Å²) in [6.07, 6.45) is 11.4. The second-order valence-electron chi connectivity index (χ2n) is 5.99. The zero-order valence-electron chi connectivity index (χ0n) is 12.4. The third-order valence-corrected chi connectivity index (χ3v) is 4.99. The SMILES string of the molecule is CCCN(C)C(N(C)COC1CC1)S(C)(C)C. The molecule has 1 rings (SSSR count). The van der Waals surface area contributed by atoms with Crippen LogP contribution in [-0.2, 0) is 4.74 Å². The minimum atomic E-state index is -0.641. The molecule has 0 spiro atoms. The molecule has 1 fully saturated rings. The number of hydrogen-bond donors (Lipinski definition) is 0. The Morgan fingerprint density at radius 1 is 1.18 bits per heavy atom. The van der Waals surface area contributed by atoms with Crippen molar-refractivity contribution in [2.75, 3.05) is 46.1 Å². The van der Waals surface area contributed by atoms with E-state index in [1.807, 2.05) is 0 Å². The Kier molecular flexibility index (Phi) is 5.77. The Hall–Kier alpha value is 0.230. The zero-order chi connectivity index (χ0) is 13.1. The lowest BCUT2D eigenvalue weighted by Gasteiger charge is -2.46. The van der Waals surface area contributed by atoms with Crippen molar-refractivity contribution in [3.8, 4) is 0 Å². The van der Waals surface area contributed by atoms with Crippen LogP contribution in [0.1, 0.15) is 26.2 Å². The van der Waals surface area contributed by atoms with Crippen molar-refractivity contribution >= 4 is 10.0 Å². The van der Waals surface area contributed by atoms with Crippen LogP contribution in [0.4, 0.5) is 0 Å². The maximum absolute atomic E-state index is 5.83. The van der Waals surface area contributed by atoms with Crippen molar-refractivity contribution in [1.29, 1.82) is 0 Å². The summed E-state index contributed by atoms with van der Waals surface area (Å²) in [4.78, 5) is 4.86. The van der Waals surface area contributed by atoms with Gasteiger partial charge in [0.05, 0.1) is 11.6 Å². The lowest BCUT2D eigenvalue weighted by molar-refractivity contribution is -0.00242. The van der Waals surface area contributed by atoms with Crippen LogP contribution in [0.5, 0.6) is 0 Å². The van der Waals surface area contributed by atoms with Gasteiger partial charge in [-0.1, -0.05) is 6.92 Å². The van der Waals surface area contributed by atoms with E-state index in [1.54, 1.807) is 0 Å². The molecule has 0 N–H and O–H groups in total. The van der Waals surface area contributed by atoms with E-state index < -0.39 is 10.0 Å². The first kappa shape index (κ1) is 15.3. The van der Waals surface area contributed by atoms with Crippen molar-refractivity contribution in [3.05, 3.63) is 0 Å². The molecule has 104 valence electrons. The lowest BCUT2D eigenvalue weighted by atomic mass is 10.4. The van der Waals surface area contributed by atoms with Gasteiger partial charge in [-0.2, -0.15) is 0 Å². The topological polar surface area (TPSA) is 15.7 Å². The van der Waals surface area contributed by atoms with E-state index in [1.165, 1.54) is 19.3 Å². The van der Waals surface area contributed by atoms with Crippen molar-refractivity contribution < 1.29 is 4.74 Å². The van der Waals surface area contributed by atoms with E-state index in [0.29, 0.717) is 11.6 Å². The van der Waals surface area contributed by atoms with Crippen LogP contribution < -0.4 is 0 Å². The fourth-order valence-corrected chi connectivity index (χ4v) is 4.73. The molecule has 1 unspecified atom stereocenters. The van der Waals surface area contributed by atoms with Crippen molar-refractivity contribution in [2.45, 2.75) is 37.8 Å². The van der Waals surface area contributed by atoms with Gasteiger partial charge in [0.25, 0.3) is 0 Å². The van der Waals surface area contributed by atoms with E-state index in [0.717, 1.165) is 13.3 Å². The van der Waals surface area contributed by atoms with Gasteiger partial charge in [-0.25, -0.2) is 10.0 Å². The smallest absolute Gasteiger partial charge is 0.101 e. The molecule has 0 saturated heterocycles. The summed E-state index contributed by atoms with van der Waals surface area (Å²) in [6, 6.07) is 0. The number of ether oxygens (including phenoxy) is 1. The first-order chi connectivity index (χ1) is 7.86. The van der Waals surface area contributed by atoms with Gasteiger partial charge in [0, 0.05) is 0 Å². The molecular formula is C13H30N2OS. The third kappa shape index (κ3) is 5.16. The van der Waals surface area contributed by atoms with Gasteiger partial charge in [0.2, 0.25) is 0 Å². The first-order valence-corrected chi connectivity index (χ1v) is 9.47. The molecule has 0 aromatic carbocycles. The van der Waals surface area contributed by atoms with Crippen LogP contribution in [-0.4, -0.2) is 67.5 Å². The van der Waals surface area contributed by atoms with Crippen LogP contribution >= 0.6 is 10.0 Å². The summed E-state index contributed by atoms with van der Waals surface area (Å²) < 4.78 is 5.83. The maximum atomic E-state index is 5.83. The van der Waals surface area contributed by atoms with Crippen LogP contribution in [0.15, 0.2) is 0 Å². The molecule has 1 atom stereocenters. The molecule has 0 radical (unpaired) electrons. The monoisotopic (exact) mass is 262 g/mol. The summed E-state index contributed by atoms with van der Waals surface area (Å²) >= 11 is 0. The van der Waals surface area contributed by atoms with E-state index in [2.05, 4.69) is 49.6 Å². The molecule has 0 heterocycles. The summed E-state index contributed by atoms with van der Waals surface area (Å²) in [7, 11) is 3.79. The summed E-state index contributed by atoms with van der Waals surface area (Å²) in [5, 5.41) is 0. The van der Waals surface area contributed by atoms with Crippen molar-refractivity contribution in [2.24, 2.45) is 0 Å². The minimum absolute atomic E-state index is 0.515. The molecule has 0 aliphatic heterocycles. The van der Waals surface area contributed by atoms with E-state index >= 15 is 0 Å². The van der Waals surface area contributed by atoms with Gasteiger partial charge < -0.3 is 4.74 Å². The van der Waals surface area contributed by atoms with E-state index in [9.17, 15) is 0 Å². The Morgan fingerprint density at radius 2 is 1.76 bits per heavy atom. The Balaban J connectivity index is 2.53. The van der Waals surface area contributed by atoms with Gasteiger partial charge in [-0.3, -0.25) is 9.80 Å². The van der Waals surface area contributed by atoms with Crippen molar-refractivity contribution in [1.82, 2.24) is 9.80 Å². The highest BCUT2D eigenvalue weighted by atomic mass is 32.3.